The van der Waals surface area contributed by atoms with E-state index in [1.54, 1.807) is 0 Å². The van der Waals surface area contributed by atoms with Gasteiger partial charge in [0.25, 0.3) is 0 Å². The van der Waals surface area contributed by atoms with Gasteiger partial charge in [-0.1, -0.05) is 155 Å². The highest BCUT2D eigenvalue weighted by Gasteiger charge is 2.44. The first kappa shape index (κ1) is 45.2. The minimum Gasteiger partial charge on any atom is -0.394 e. The van der Waals surface area contributed by atoms with E-state index in [-0.39, 0.29) is 18.9 Å². The number of nitrogens with one attached hydrogen (secondary N) is 1. The molecule has 1 amide bonds. The number of carbonyl (C=O) groups excluding carboxylic acids is 1. The molecule has 286 valence electrons. The number of unbranched alkanes of at least 4 members (excludes halogenated alkanes) is 21. The van der Waals surface area contributed by atoms with Gasteiger partial charge in [-0.15, -0.1) is 0 Å². The maximum Gasteiger partial charge on any atom is 0.220 e. The predicted octanol–water partition coefficient (Wildman–Crippen LogP) is 5.80. The van der Waals surface area contributed by atoms with Crippen LogP contribution in [0.3, 0.4) is 0 Å². The summed E-state index contributed by atoms with van der Waals surface area (Å²) in [6.07, 6.45) is 18.3. The Morgan fingerprint density at radius 1 is 0.646 bits per heavy atom. The molecule has 2 unspecified atom stereocenters. The van der Waals surface area contributed by atoms with Gasteiger partial charge in [0.2, 0.25) is 5.91 Å². The highest BCUT2D eigenvalue weighted by Crippen LogP contribution is 2.23. The molecule has 10 nitrogen and oxygen atoms in total. The number of rotatable bonds is 32. The first-order valence-corrected chi connectivity index (χ1v) is 19.8. The zero-order valence-corrected chi connectivity index (χ0v) is 30.6. The van der Waals surface area contributed by atoms with Crippen LogP contribution in [0.15, 0.2) is 0 Å². The summed E-state index contributed by atoms with van der Waals surface area (Å²) in [4.78, 5) is 12.8. The van der Waals surface area contributed by atoms with Crippen LogP contribution in [-0.2, 0) is 14.3 Å². The van der Waals surface area contributed by atoms with E-state index in [1.165, 1.54) is 103 Å². The summed E-state index contributed by atoms with van der Waals surface area (Å²) in [5, 5.41) is 64.7. The smallest absolute Gasteiger partial charge is 0.220 e. The van der Waals surface area contributed by atoms with Crippen LogP contribution in [0.25, 0.3) is 0 Å². The molecule has 8 atom stereocenters. The molecule has 0 radical (unpaired) electrons. The van der Waals surface area contributed by atoms with Crippen molar-refractivity contribution >= 4 is 5.91 Å². The number of amides is 1. The summed E-state index contributed by atoms with van der Waals surface area (Å²) >= 11 is 0. The second-order valence-electron chi connectivity index (χ2n) is 14.2. The number of aliphatic hydroxyl groups excluding tert-OH is 6. The molecule has 1 heterocycles. The summed E-state index contributed by atoms with van der Waals surface area (Å²) < 4.78 is 11.1. The molecule has 0 aromatic carbocycles. The van der Waals surface area contributed by atoms with Crippen LogP contribution in [-0.4, -0.2) is 98.7 Å². The SMILES string of the molecule is CCCCCCCCCCCCCCCC[C@@H](O)[C@@H](O)[C@H](CO[C@@H]1O[C@H](CO)[C@H](O)C(O)C1O)NC(=O)CCCCCCCCCCC. The normalized spacial score (nSPS) is 23.2. The minimum absolute atomic E-state index is 0.261. The first-order chi connectivity index (χ1) is 23.3. The van der Waals surface area contributed by atoms with Crippen LogP contribution in [0, 0.1) is 0 Å². The molecule has 10 heteroatoms. The van der Waals surface area contributed by atoms with Crippen LogP contribution >= 0.6 is 0 Å². The summed E-state index contributed by atoms with van der Waals surface area (Å²) in [5.74, 6) is -0.261. The van der Waals surface area contributed by atoms with Gasteiger partial charge in [-0.05, 0) is 12.8 Å². The number of carbonyl (C=O) groups is 1. The minimum atomic E-state index is -1.60. The lowest BCUT2D eigenvalue weighted by Gasteiger charge is -2.40. The maximum absolute atomic E-state index is 12.8. The molecule has 0 bridgehead atoms. The second kappa shape index (κ2) is 29.8. The van der Waals surface area contributed by atoms with Gasteiger partial charge in [0, 0.05) is 6.42 Å². The zero-order valence-electron chi connectivity index (χ0n) is 30.6. The van der Waals surface area contributed by atoms with Crippen molar-refractivity contribution in [2.45, 2.75) is 223 Å². The molecule has 1 aliphatic rings. The Labute approximate surface area is 292 Å². The number of aliphatic hydroxyl groups is 6. The molecule has 0 aromatic rings. The van der Waals surface area contributed by atoms with Gasteiger partial charge in [-0.3, -0.25) is 4.79 Å². The van der Waals surface area contributed by atoms with E-state index < -0.39 is 55.6 Å². The highest BCUT2D eigenvalue weighted by molar-refractivity contribution is 5.76. The van der Waals surface area contributed by atoms with Gasteiger partial charge in [0.1, 0.15) is 30.5 Å². The number of ether oxygens (including phenoxy) is 2. The summed E-state index contributed by atoms with van der Waals surface area (Å²) in [7, 11) is 0. The van der Waals surface area contributed by atoms with E-state index in [0.717, 1.165) is 44.9 Å². The summed E-state index contributed by atoms with van der Waals surface area (Å²) in [5.41, 5.74) is 0. The zero-order chi connectivity index (χ0) is 35.4. The fraction of sp³-hybridized carbons (Fsp3) is 0.974. The highest BCUT2D eigenvalue weighted by atomic mass is 16.7. The van der Waals surface area contributed by atoms with E-state index in [2.05, 4.69) is 19.2 Å². The first-order valence-electron chi connectivity index (χ1n) is 19.8. The molecule has 1 fully saturated rings. The average Bonchev–Trinajstić information content (AvgIpc) is 3.08. The molecule has 0 aliphatic carbocycles. The van der Waals surface area contributed by atoms with E-state index in [1.807, 2.05) is 0 Å². The topological polar surface area (TPSA) is 169 Å². The molecule has 1 rings (SSSR count). The van der Waals surface area contributed by atoms with Gasteiger partial charge in [-0.25, -0.2) is 0 Å². The summed E-state index contributed by atoms with van der Waals surface area (Å²) in [6.45, 7) is 3.56. The predicted molar refractivity (Wildman–Crippen MR) is 190 cm³/mol. The Balaban J connectivity index is 2.47. The Kier molecular flexibility index (Phi) is 28.1. The third-order valence-electron chi connectivity index (χ3n) is 9.80. The molecule has 1 saturated heterocycles. The lowest BCUT2D eigenvalue weighted by atomic mass is 9.98. The molecular formula is C38H75NO9. The molecule has 7 N–H and O–H groups in total. The Morgan fingerprint density at radius 3 is 1.54 bits per heavy atom. The van der Waals surface area contributed by atoms with Crippen LogP contribution < -0.4 is 5.32 Å². The van der Waals surface area contributed by atoms with Crippen molar-refractivity contribution in [1.29, 1.82) is 0 Å². The molecule has 1 aliphatic heterocycles. The largest absolute Gasteiger partial charge is 0.394 e. The van der Waals surface area contributed by atoms with E-state index in [0.29, 0.717) is 6.42 Å². The molecular weight excluding hydrogens is 614 g/mol. The number of hydrogen-bond acceptors (Lipinski definition) is 9. The lowest BCUT2D eigenvalue weighted by Crippen LogP contribution is -2.60. The second-order valence-corrected chi connectivity index (χ2v) is 14.2. The van der Waals surface area contributed by atoms with Crippen molar-refractivity contribution < 1.29 is 44.9 Å². The monoisotopic (exact) mass is 690 g/mol. The molecule has 0 saturated carbocycles. The molecule has 0 spiro atoms. The van der Waals surface area contributed by atoms with E-state index in [9.17, 15) is 35.4 Å². The summed E-state index contributed by atoms with van der Waals surface area (Å²) in [6, 6.07) is -0.981. The van der Waals surface area contributed by atoms with Crippen LogP contribution in [0.2, 0.25) is 0 Å². The fourth-order valence-corrected chi connectivity index (χ4v) is 6.49. The van der Waals surface area contributed by atoms with E-state index in [4.69, 9.17) is 9.47 Å². The maximum atomic E-state index is 12.8. The Bertz CT molecular complexity index is 743. The quantitative estimate of drug-likeness (QED) is 0.0432. The van der Waals surface area contributed by atoms with Crippen molar-refractivity contribution in [1.82, 2.24) is 5.32 Å². The van der Waals surface area contributed by atoms with E-state index >= 15 is 0 Å². The average molecular weight is 690 g/mol. The van der Waals surface area contributed by atoms with Gasteiger partial charge >= 0.3 is 0 Å². The van der Waals surface area contributed by atoms with Gasteiger partial charge in [-0.2, -0.15) is 0 Å². The fourth-order valence-electron chi connectivity index (χ4n) is 6.49. The standard InChI is InChI=1S/C38H75NO9/c1-3-5-7-9-11-13-14-15-16-17-19-20-22-24-26-31(41)34(43)30(29-47-38-37(46)36(45)35(44)32(28-40)48-38)39-33(42)27-25-23-21-18-12-10-8-6-4-2/h30-32,34-38,40-41,43-46H,3-29H2,1-2H3,(H,39,42)/t30-,31+,32+,34-,35-,36?,37?,38+/m0/s1. The lowest BCUT2D eigenvalue weighted by molar-refractivity contribution is -0.303. The van der Waals surface area contributed by atoms with Crippen LogP contribution in [0.4, 0.5) is 0 Å². The van der Waals surface area contributed by atoms with Crippen LogP contribution in [0.1, 0.15) is 174 Å². The molecule has 0 aromatic heterocycles. The third-order valence-corrected chi connectivity index (χ3v) is 9.80. The van der Waals surface area contributed by atoms with Gasteiger partial charge < -0.3 is 45.4 Å². The van der Waals surface area contributed by atoms with Crippen molar-refractivity contribution in [3.63, 3.8) is 0 Å². The third kappa shape index (κ3) is 20.7. The Morgan fingerprint density at radius 2 is 1.08 bits per heavy atom. The Hall–Kier alpha value is -0.850. The van der Waals surface area contributed by atoms with Gasteiger partial charge in [0.05, 0.1) is 25.4 Å². The van der Waals surface area contributed by atoms with Crippen molar-refractivity contribution in [2.24, 2.45) is 0 Å². The number of hydrogen-bond donors (Lipinski definition) is 7. The van der Waals surface area contributed by atoms with Crippen molar-refractivity contribution in [2.75, 3.05) is 13.2 Å². The van der Waals surface area contributed by atoms with Crippen molar-refractivity contribution in [3.05, 3.63) is 0 Å². The van der Waals surface area contributed by atoms with Crippen molar-refractivity contribution in [3.8, 4) is 0 Å². The molecule has 48 heavy (non-hydrogen) atoms. The van der Waals surface area contributed by atoms with Gasteiger partial charge in [0.15, 0.2) is 6.29 Å². The van der Waals surface area contributed by atoms with Crippen LogP contribution in [0.5, 0.6) is 0 Å².